The van der Waals surface area contributed by atoms with Gasteiger partial charge in [0.2, 0.25) is 23.8 Å². The van der Waals surface area contributed by atoms with Gasteiger partial charge in [-0.05, 0) is 47.5 Å². The van der Waals surface area contributed by atoms with Gasteiger partial charge in [-0.25, -0.2) is 11.0 Å². The van der Waals surface area contributed by atoms with Gasteiger partial charge in [0.05, 0.1) is 18.1 Å². The molecule has 0 aliphatic heterocycles. The molecule has 2 aromatic heterocycles. The van der Waals surface area contributed by atoms with Crippen LogP contribution >= 0.6 is 0 Å². The number of hydrogen-bond donors (Lipinski definition) is 6. The number of para-hydroxylation sites is 2. The molecule has 2 heterocycles. The molecular formula is C38H40N12O8S2. The molecule has 0 spiro atoms. The maximum absolute atomic E-state index is 14.0. The Bertz CT molecular complexity index is 2610. The van der Waals surface area contributed by atoms with Crippen LogP contribution in [0, 0.1) is 0 Å². The van der Waals surface area contributed by atoms with E-state index in [1.54, 1.807) is 93.0 Å². The number of nitrogens with zero attached hydrogens (tertiary/aromatic N) is 8. The van der Waals surface area contributed by atoms with Crippen molar-refractivity contribution in [1.82, 2.24) is 29.9 Å². The monoisotopic (exact) mass is 856 g/mol. The van der Waals surface area contributed by atoms with Gasteiger partial charge in [-0.15, -0.1) is 8.57 Å². The van der Waals surface area contributed by atoms with E-state index in [9.17, 15) is 27.0 Å². The van der Waals surface area contributed by atoms with E-state index in [2.05, 4.69) is 51.5 Å². The van der Waals surface area contributed by atoms with Crippen LogP contribution in [-0.2, 0) is 28.8 Å². The van der Waals surface area contributed by atoms with Crippen molar-refractivity contribution in [2.24, 2.45) is 0 Å². The first-order chi connectivity index (χ1) is 28.9. The summed E-state index contributed by atoms with van der Waals surface area (Å²) < 4.78 is 65.6. The van der Waals surface area contributed by atoms with Gasteiger partial charge in [0.25, 0.3) is 11.9 Å². The Labute approximate surface area is 345 Å². The summed E-state index contributed by atoms with van der Waals surface area (Å²) in [6.07, 6.45) is 3.11. The Morgan fingerprint density at radius 3 is 1.50 bits per heavy atom. The van der Waals surface area contributed by atoms with Crippen LogP contribution in [-0.4, -0.2) is 97.4 Å². The number of hydrogen-bond acceptors (Lipinski definition) is 20. The van der Waals surface area contributed by atoms with Crippen LogP contribution in [0.3, 0.4) is 0 Å². The van der Waals surface area contributed by atoms with Crippen molar-refractivity contribution >= 4 is 79.5 Å². The lowest BCUT2D eigenvalue weighted by Crippen LogP contribution is -2.25. The number of nitrogens with one attached hydrogen (secondary N) is 4. The lowest BCUT2D eigenvalue weighted by Gasteiger charge is -2.18. The summed E-state index contributed by atoms with van der Waals surface area (Å²) in [6.45, 7) is -0.152. The first-order valence-electron chi connectivity index (χ1n) is 18.0. The maximum atomic E-state index is 14.0. The number of rotatable bonds is 20. The highest BCUT2D eigenvalue weighted by Gasteiger charge is 2.26. The molecule has 6 aromatic rings. The largest absolute Gasteiger partial charge is 0.395 e. The molecule has 22 heteroatoms. The highest BCUT2D eigenvalue weighted by atomic mass is 32.2. The molecule has 0 unspecified atom stereocenters. The van der Waals surface area contributed by atoms with E-state index in [1.807, 2.05) is 18.2 Å². The maximum Gasteiger partial charge on any atom is 0.318 e. The van der Waals surface area contributed by atoms with E-state index in [-0.39, 0.29) is 67.6 Å². The summed E-state index contributed by atoms with van der Waals surface area (Å²) in [5.74, 6) is -0.457. The number of aromatic nitrogens is 6. The molecule has 0 saturated carbocycles. The van der Waals surface area contributed by atoms with Gasteiger partial charge in [0.1, 0.15) is 4.90 Å². The molecule has 6 rings (SSSR count). The van der Waals surface area contributed by atoms with E-state index in [1.165, 1.54) is 21.9 Å². The van der Waals surface area contributed by atoms with Crippen LogP contribution < -0.4 is 31.4 Å². The van der Waals surface area contributed by atoms with Crippen molar-refractivity contribution in [3.8, 4) is 0 Å². The summed E-state index contributed by atoms with van der Waals surface area (Å²) >= 11 is 0. The molecular weight excluding hydrogens is 817 g/mol. The van der Waals surface area contributed by atoms with Gasteiger partial charge in [-0.2, -0.15) is 46.7 Å². The van der Waals surface area contributed by atoms with Crippen LogP contribution in [0.25, 0.3) is 12.2 Å². The van der Waals surface area contributed by atoms with Crippen molar-refractivity contribution in [3.05, 3.63) is 120 Å². The molecule has 6 N–H and O–H groups in total. The van der Waals surface area contributed by atoms with Gasteiger partial charge in [0.15, 0.2) is 0 Å². The minimum Gasteiger partial charge on any atom is -0.395 e. The zero-order valence-electron chi connectivity index (χ0n) is 32.1. The Morgan fingerprint density at radius 1 is 0.567 bits per heavy atom. The summed E-state index contributed by atoms with van der Waals surface area (Å²) in [5.41, 5.74) is 6.52. The third-order valence-electron chi connectivity index (χ3n) is 8.14. The number of aliphatic hydroxyl groups excluding tert-OH is 2. The van der Waals surface area contributed by atoms with Gasteiger partial charge >= 0.3 is 20.2 Å². The second kappa shape index (κ2) is 19.8. The lowest BCUT2D eigenvalue weighted by molar-refractivity contribution is 0.303. The van der Waals surface area contributed by atoms with E-state index >= 15 is 0 Å². The smallest absolute Gasteiger partial charge is 0.318 e. The fraction of sp³-hybridized carbons (Fsp3) is 0.158. The SMILES string of the molecule is CN(CCO)c1nc(NOS(=O)(=O)c2ccc(C=Cc3ccccc3)c(S(=O)(=O)ONc3nc(Nc4ccccc4)nc(N(C)CCO)n3)c2)nc(Nc2ccccc2)n1. The summed E-state index contributed by atoms with van der Waals surface area (Å²) in [6, 6.07) is 30.2. The highest BCUT2D eigenvalue weighted by molar-refractivity contribution is 7.87. The third-order valence-corrected chi connectivity index (χ3v) is 10.5. The average molecular weight is 857 g/mol. The zero-order valence-corrected chi connectivity index (χ0v) is 33.7. The number of benzene rings is 4. The Morgan fingerprint density at radius 2 is 1.02 bits per heavy atom. The molecule has 0 amide bonds. The first kappa shape index (κ1) is 42.8. The van der Waals surface area contributed by atoms with E-state index in [0.717, 1.165) is 17.7 Å². The van der Waals surface area contributed by atoms with Gasteiger partial charge in [-0.1, -0.05) is 84.9 Å². The van der Waals surface area contributed by atoms with Crippen LogP contribution in [0.15, 0.2) is 119 Å². The molecule has 20 nitrogen and oxygen atoms in total. The molecule has 0 saturated heterocycles. The zero-order chi connectivity index (χ0) is 42.5. The fourth-order valence-corrected chi connectivity index (χ4v) is 6.95. The van der Waals surface area contributed by atoms with Crippen molar-refractivity contribution in [2.45, 2.75) is 9.79 Å². The quantitative estimate of drug-likeness (QED) is 0.0468. The second-order valence-electron chi connectivity index (χ2n) is 12.6. The van der Waals surface area contributed by atoms with E-state index in [4.69, 9.17) is 8.57 Å². The standard InChI is InChI=1S/C38H40N12O8S2/c1-49(22-24-51)37-43-33(39-29-14-8-4-9-15-29)41-35(45-37)47-57-59(53,54)31-21-20-28(19-18-27-12-6-3-7-13-27)32(26-31)60(55,56)58-48-36-42-34(40-30-16-10-5-11-17-30)44-38(46-36)50(2)23-25-52/h3-21,26,51-52H,22-25H2,1-2H3,(H2,39,41,43,45,47)(H2,40,42,44,46,48). The normalized spacial score (nSPS) is 11.6. The highest BCUT2D eigenvalue weighted by Crippen LogP contribution is 2.27. The van der Waals surface area contributed by atoms with E-state index in [0.29, 0.717) is 11.4 Å². The molecule has 0 aliphatic carbocycles. The summed E-state index contributed by atoms with van der Waals surface area (Å²) in [7, 11) is -6.41. The number of likely N-dealkylation sites (N-methyl/N-ethyl adjacent to an activating group) is 2. The van der Waals surface area contributed by atoms with Crippen molar-refractivity contribution < 1.29 is 35.6 Å². The molecule has 0 aliphatic rings. The minimum absolute atomic E-state index is 0.0250. The molecule has 312 valence electrons. The van der Waals surface area contributed by atoms with Crippen LogP contribution in [0.4, 0.5) is 47.1 Å². The first-order valence-corrected chi connectivity index (χ1v) is 20.8. The lowest BCUT2D eigenvalue weighted by atomic mass is 10.1. The number of anilines is 8. The Balaban J connectivity index is 1.30. The Kier molecular flexibility index (Phi) is 14.1. The van der Waals surface area contributed by atoms with E-state index < -0.39 is 30.0 Å². The second-order valence-corrected chi connectivity index (χ2v) is 15.6. The van der Waals surface area contributed by atoms with Gasteiger partial charge in [0, 0.05) is 38.6 Å². The predicted molar refractivity (Wildman–Crippen MR) is 225 cm³/mol. The van der Waals surface area contributed by atoms with Gasteiger partial charge < -0.3 is 30.6 Å². The molecule has 0 atom stereocenters. The third kappa shape index (κ3) is 11.6. The molecule has 60 heavy (non-hydrogen) atoms. The number of aliphatic hydroxyl groups is 2. The van der Waals surface area contributed by atoms with Gasteiger partial charge in [-0.3, -0.25) is 0 Å². The van der Waals surface area contributed by atoms with Crippen molar-refractivity contribution in [3.63, 3.8) is 0 Å². The van der Waals surface area contributed by atoms with Crippen LogP contribution in [0.5, 0.6) is 0 Å². The van der Waals surface area contributed by atoms with Crippen LogP contribution in [0.1, 0.15) is 11.1 Å². The minimum atomic E-state index is -4.86. The van der Waals surface area contributed by atoms with Crippen molar-refractivity contribution in [2.75, 3.05) is 71.8 Å². The topological polar surface area (TPSA) is 259 Å². The van der Waals surface area contributed by atoms with Crippen molar-refractivity contribution in [1.29, 1.82) is 0 Å². The predicted octanol–water partition coefficient (Wildman–Crippen LogP) is 4.04. The molecule has 0 fully saturated rings. The molecule has 4 aromatic carbocycles. The summed E-state index contributed by atoms with van der Waals surface area (Å²) in [4.78, 5) is 27.5. The molecule has 0 bridgehead atoms. The fourth-order valence-electron chi connectivity index (χ4n) is 5.13. The summed E-state index contributed by atoms with van der Waals surface area (Å²) in [5, 5.41) is 25.0. The Hall–Kier alpha value is -6.82. The average Bonchev–Trinajstić information content (AvgIpc) is 3.25. The van der Waals surface area contributed by atoms with Crippen LogP contribution in [0.2, 0.25) is 0 Å². The molecule has 0 radical (unpaired) electrons.